The normalized spacial score (nSPS) is 11.6. The summed E-state index contributed by atoms with van der Waals surface area (Å²) in [5, 5.41) is 2.76. The lowest BCUT2D eigenvalue weighted by atomic mass is 10.2. The van der Waals surface area contributed by atoms with Crippen LogP contribution >= 0.6 is 0 Å². The summed E-state index contributed by atoms with van der Waals surface area (Å²) in [5.41, 5.74) is 0.700. The fourth-order valence-corrected chi connectivity index (χ4v) is 2.14. The van der Waals surface area contributed by atoms with Crippen LogP contribution in [-0.4, -0.2) is 19.1 Å². The Morgan fingerprint density at radius 2 is 1.91 bits per heavy atom. The van der Waals surface area contributed by atoms with Gasteiger partial charge in [-0.25, -0.2) is 4.39 Å². The summed E-state index contributed by atoms with van der Waals surface area (Å²) >= 11 is 0. The molecule has 23 heavy (non-hydrogen) atoms. The highest BCUT2D eigenvalue weighted by Crippen LogP contribution is 2.27. The van der Waals surface area contributed by atoms with E-state index in [1.54, 1.807) is 31.4 Å². The van der Waals surface area contributed by atoms with Gasteiger partial charge in [-0.15, -0.1) is 0 Å². The maximum atomic E-state index is 13.1. The van der Waals surface area contributed by atoms with Crippen molar-refractivity contribution in [2.75, 3.05) is 7.11 Å². The highest BCUT2D eigenvalue weighted by molar-refractivity contribution is 5.81. The molecule has 0 heterocycles. The average Bonchev–Trinajstić information content (AvgIpc) is 2.58. The molecule has 0 aliphatic heterocycles. The molecule has 5 heteroatoms. The Balaban J connectivity index is 1.98. The Labute approximate surface area is 135 Å². The summed E-state index contributed by atoms with van der Waals surface area (Å²) in [6, 6.07) is 13.3. The smallest absolute Gasteiger partial charge is 0.261 e. The lowest BCUT2D eigenvalue weighted by molar-refractivity contribution is -0.128. The Morgan fingerprint density at radius 3 is 2.57 bits per heavy atom. The monoisotopic (exact) mass is 317 g/mol. The average molecular weight is 317 g/mol. The van der Waals surface area contributed by atoms with Crippen molar-refractivity contribution in [2.24, 2.45) is 0 Å². The highest BCUT2D eigenvalue weighted by Gasteiger charge is 2.19. The highest BCUT2D eigenvalue weighted by atomic mass is 19.1. The summed E-state index contributed by atoms with van der Waals surface area (Å²) in [7, 11) is 1.55. The van der Waals surface area contributed by atoms with Crippen molar-refractivity contribution >= 4 is 5.91 Å². The second-order valence-electron chi connectivity index (χ2n) is 5.01. The Hall–Kier alpha value is -2.56. The van der Waals surface area contributed by atoms with Crippen LogP contribution in [0.1, 0.15) is 18.9 Å². The lowest BCUT2D eigenvalue weighted by Crippen LogP contribution is -2.37. The van der Waals surface area contributed by atoms with E-state index in [0.717, 1.165) is 0 Å². The Bertz CT molecular complexity index is 660. The van der Waals surface area contributed by atoms with E-state index in [2.05, 4.69) is 5.32 Å². The van der Waals surface area contributed by atoms with Gasteiger partial charge in [-0.3, -0.25) is 4.79 Å². The van der Waals surface area contributed by atoms with Crippen molar-refractivity contribution in [2.45, 2.75) is 26.0 Å². The van der Waals surface area contributed by atoms with Crippen molar-refractivity contribution in [3.63, 3.8) is 0 Å². The summed E-state index contributed by atoms with van der Waals surface area (Å²) in [4.78, 5) is 12.3. The molecule has 2 aromatic rings. The largest absolute Gasteiger partial charge is 0.493 e. The molecule has 0 saturated heterocycles. The Kier molecular flexibility index (Phi) is 5.97. The van der Waals surface area contributed by atoms with Gasteiger partial charge in [-0.05, 0) is 36.2 Å². The van der Waals surface area contributed by atoms with Gasteiger partial charge in [0.25, 0.3) is 5.91 Å². The number of benzene rings is 2. The van der Waals surface area contributed by atoms with Crippen molar-refractivity contribution in [3.8, 4) is 11.5 Å². The number of nitrogens with one attached hydrogen (secondary N) is 1. The van der Waals surface area contributed by atoms with E-state index in [1.165, 1.54) is 12.1 Å². The molecule has 0 spiro atoms. The first-order valence-corrected chi connectivity index (χ1v) is 7.46. The van der Waals surface area contributed by atoms with E-state index < -0.39 is 6.10 Å². The van der Waals surface area contributed by atoms with Crippen molar-refractivity contribution in [1.29, 1.82) is 0 Å². The number of amides is 1. The molecule has 0 bridgehead atoms. The fourth-order valence-electron chi connectivity index (χ4n) is 2.14. The van der Waals surface area contributed by atoms with Crippen LogP contribution in [0.25, 0.3) is 0 Å². The molecule has 122 valence electrons. The van der Waals surface area contributed by atoms with Crippen LogP contribution in [0.3, 0.4) is 0 Å². The van der Waals surface area contributed by atoms with Gasteiger partial charge in [0, 0.05) is 6.54 Å². The summed E-state index contributed by atoms with van der Waals surface area (Å²) < 4.78 is 24.1. The zero-order chi connectivity index (χ0) is 16.7. The van der Waals surface area contributed by atoms with E-state index in [9.17, 15) is 9.18 Å². The number of para-hydroxylation sites is 2. The minimum Gasteiger partial charge on any atom is -0.493 e. The van der Waals surface area contributed by atoms with Gasteiger partial charge in [-0.1, -0.05) is 31.2 Å². The predicted molar refractivity (Wildman–Crippen MR) is 85.9 cm³/mol. The first kappa shape index (κ1) is 16.8. The molecule has 2 aromatic carbocycles. The zero-order valence-corrected chi connectivity index (χ0v) is 13.2. The summed E-state index contributed by atoms with van der Waals surface area (Å²) in [6.07, 6.45) is -0.132. The van der Waals surface area contributed by atoms with Gasteiger partial charge in [0.15, 0.2) is 17.6 Å². The van der Waals surface area contributed by atoms with Gasteiger partial charge >= 0.3 is 0 Å². The number of rotatable bonds is 7. The molecule has 1 atom stereocenters. The van der Waals surface area contributed by atoms with Gasteiger partial charge in [0.2, 0.25) is 0 Å². The molecule has 2 rings (SSSR count). The summed E-state index contributed by atoms with van der Waals surface area (Å²) in [5.74, 6) is 0.517. The molecule has 0 radical (unpaired) electrons. The minimum atomic E-state index is -0.639. The standard InChI is InChI=1S/C18H20FNO3/c1-3-15(23-17-10-5-4-9-16(17)22-2)18(21)20-12-13-7-6-8-14(19)11-13/h4-11,15H,3,12H2,1-2H3,(H,20,21). The van der Waals surface area contributed by atoms with Crippen LogP contribution in [0, 0.1) is 5.82 Å². The maximum Gasteiger partial charge on any atom is 0.261 e. The third-order valence-electron chi connectivity index (χ3n) is 3.36. The number of halogens is 1. The van der Waals surface area contributed by atoms with Gasteiger partial charge in [0.1, 0.15) is 5.82 Å². The van der Waals surface area contributed by atoms with E-state index in [1.807, 2.05) is 19.1 Å². The number of hydrogen-bond donors (Lipinski definition) is 1. The Morgan fingerprint density at radius 1 is 1.17 bits per heavy atom. The number of hydrogen-bond acceptors (Lipinski definition) is 3. The first-order chi connectivity index (χ1) is 11.1. The number of carbonyl (C=O) groups excluding carboxylic acids is 1. The lowest BCUT2D eigenvalue weighted by Gasteiger charge is -2.18. The van der Waals surface area contributed by atoms with Crippen LogP contribution in [0.4, 0.5) is 4.39 Å². The van der Waals surface area contributed by atoms with Crippen molar-refractivity contribution in [3.05, 3.63) is 59.9 Å². The summed E-state index contributed by atoms with van der Waals surface area (Å²) in [6.45, 7) is 2.12. The molecule has 0 aliphatic carbocycles. The van der Waals surface area contributed by atoms with Gasteiger partial charge in [0.05, 0.1) is 7.11 Å². The number of ether oxygens (including phenoxy) is 2. The van der Waals surface area contributed by atoms with Crippen LogP contribution in [-0.2, 0) is 11.3 Å². The minimum absolute atomic E-state index is 0.248. The molecule has 0 aromatic heterocycles. The molecule has 0 aliphatic rings. The molecular weight excluding hydrogens is 297 g/mol. The van der Waals surface area contributed by atoms with E-state index in [-0.39, 0.29) is 18.3 Å². The second-order valence-corrected chi connectivity index (χ2v) is 5.01. The van der Waals surface area contributed by atoms with Gasteiger partial charge in [-0.2, -0.15) is 0 Å². The van der Waals surface area contributed by atoms with Crippen LogP contribution in [0.2, 0.25) is 0 Å². The molecule has 1 amide bonds. The van der Waals surface area contributed by atoms with E-state index in [4.69, 9.17) is 9.47 Å². The number of carbonyl (C=O) groups is 1. The zero-order valence-electron chi connectivity index (χ0n) is 13.2. The van der Waals surface area contributed by atoms with E-state index in [0.29, 0.717) is 23.5 Å². The second kappa shape index (κ2) is 8.17. The molecule has 1 N–H and O–H groups in total. The van der Waals surface area contributed by atoms with Crippen molar-refractivity contribution in [1.82, 2.24) is 5.32 Å². The molecule has 1 unspecified atom stereocenters. The quantitative estimate of drug-likeness (QED) is 0.852. The van der Waals surface area contributed by atoms with Crippen LogP contribution < -0.4 is 14.8 Å². The molecular formula is C18H20FNO3. The topological polar surface area (TPSA) is 47.6 Å². The fraction of sp³-hybridized carbons (Fsp3) is 0.278. The maximum absolute atomic E-state index is 13.1. The molecule has 0 fully saturated rings. The van der Waals surface area contributed by atoms with Crippen LogP contribution in [0.5, 0.6) is 11.5 Å². The SMILES string of the molecule is CCC(Oc1ccccc1OC)C(=O)NCc1cccc(F)c1. The third-order valence-corrected chi connectivity index (χ3v) is 3.36. The number of methoxy groups -OCH3 is 1. The van der Waals surface area contributed by atoms with Gasteiger partial charge < -0.3 is 14.8 Å². The first-order valence-electron chi connectivity index (χ1n) is 7.46. The van der Waals surface area contributed by atoms with Crippen LogP contribution in [0.15, 0.2) is 48.5 Å². The molecule has 4 nitrogen and oxygen atoms in total. The third kappa shape index (κ3) is 4.71. The predicted octanol–water partition coefficient (Wildman–Crippen LogP) is 3.31. The van der Waals surface area contributed by atoms with E-state index >= 15 is 0 Å². The van der Waals surface area contributed by atoms with Crippen molar-refractivity contribution < 1.29 is 18.7 Å². The molecule has 0 saturated carbocycles.